The third kappa shape index (κ3) is 6.33. The molecular formula is C13H18BrFO3. The van der Waals surface area contributed by atoms with Crippen molar-refractivity contribution in [1.29, 1.82) is 0 Å². The Morgan fingerprint density at radius 3 is 2.67 bits per heavy atom. The Kier molecular flexibility index (Phi) is 7.96. The number of ether oxygens (including phenoxy) is 3. The number of hydrogen-bond acceptors (Lipinski definition) is 3. The van der Waals surface area contributed by atoms with Crippen molar-refractivity contribution in [2.24, 2.45) is 0 Å². The van der Waals surface area contributed by atoms with Crippen LogP contribution < -0.4 is 4.74 Å². The van der Waals surface area contributed by atoms with E-state index < -0.39 is 0 Å². The maximum Gasteiger partial charge on any atom is 0.127 e. The quantitative estimate of drug-likeness (QED) is 0.516. The summed E-state index contributed by atoms with van der Waals surface area (Å²) < 4.78 is 28.8. The molecule has 18 heavy (non-hydrogen) atoms. The average molecular weight is 321 g/mol. The van der Waals surface area contributed by atoms with Crippen molar-refractivity contribution in [3.05, 3.63) is 29.6 Å². The monoisotopic (exact) mass is 320 g/mol. The van der Waals surface area contributed by atoms with Crippen LogP contribution in [-0.4, -0.2) is 33.5 Å². The molecule has 1 aromatic carbocycles. The molecule has 0 fully saturated rings. The Balaban J connectivity index is 2.20. The van der Waals surface area contributed by atoms with Gasteiger partial charge in [-0.2, -0.15) is 0 Å². The molecule has 1 rings (SSSR count). The van der Waals surface area contributed by atoms with E-state index in [1.165, 1.54) is 12.1 Å². The van der Waals surface area contributed by atoms with Gasteiger partial charge < -0.3 is 14.2 Å². The van der Waals surface area contributed by atoms with Crippen molar-refractivity contribution >= 4 is 15.9 Å². The molecule has 0 N–H and O–H groups in total. The Hall–Kier alpha value is -0.650. The Morgan fingerprint density at radius 2 is 1.94 bits per heavy atom. The number of hydrogen-bond donors (Lipinski definition) is 0. The molecule has 1 aromatic rings. The van der Waals surface area contributed by atoms with E-state index in [2.05, 4.69) is 15.9 Å². The van der Waals surface area contributed by atoms with Crippen LogP contribution in [0.15, 0.2) is 18.2 Å². The third-order valence-electron chi connectivity index (χ3n) is 2.22. The topological polar surface area (TPSA) is 27.7 Å². The molecule has 102 valence electrons. The fourth-order valence-electron chi connectivity index (χ4n) is 1.38. The van der Waals surface area contributed by atoms with Gasteiger partial charge in [-0.05, 0) is 17.7 Å². The van der Waals surface area contributed by atoms with Crippen LogP contribution in [-0.2, 0) is 14.8 Å². The van der Waals surface area contributed by atoms with Crippen molar-refractivity contribution in [2.45, 2.75) is 11.8 Å². The predicted molar refractivity (Wildman–Crippen MR) is 71.8 cm³/mol. The van der Waals surface area contributed by atoms with Gasteiger partial charge in [-0.15, -0.1) is 0 Å². The lowest BCUT2D eigenvalue weighted by Gasteiger charge is -2.08. The minimum absolute atomic E-state index is 0.279. The first-order valence-corrected chi connectivity index (χ1v) is 6.93. The lowest BCUT2D eigenvalue weighted by Crippen LogP contribution is -2.07. The normalized spacial score (nSPS) is 10.6. The van der Waals surface area contributed by atoms with Gasteiger partial charge in [-0.3, -0.25) is 0 Å². The standard InChI is InChI=1S/C13H18BrFO3/c1-16-5-6-17-3-2-4-18-13-8-11(10-14)7-12(15)9-13/h7-9H,2-6,10H2,1H3. The molecular weight excluding hydrogens is 303 g/mol. The first kappa shape index (κ1) is 15.4. The highest BCUT2D eigenvalue weighted by atomic mass is 79.9. The van der Waals surface area contributed by atoms with Crippen LogP contribution >= 0.6 is 15.9 Å². The van der Waals surface area contributed by atoms with Crippen molar-refractivity contribution in [2.75, 3.05) is 33.5 Å². The molecule has 0 aliphatic rings. The van der Waals surface area contributed by atoms with E-state index in [1.807, 2.05) is 6.07 Å². The highest BCUT2D eigenvalue weighted by molar-refractivity contribution is 9.08. The number of alkyl halides is 1. The van der Waals surface area contributed by atoms with Gasteiger partial charge in [0.1, 0.15) is 11.6 Å². The Labute approximate surface area is 115 Å². The summed E-state index contributed by atoms with van der Waals surface area (Å²) in [6, 6.07) is 4.69. The fourth-order valence-corrected chi connectivity index (χ4v) is 1.70. The van der Waals surface area contributed by atoms with Gasteiger partial charge in [0.15, 0.2) is 0 Å². The molecule has 0 saturated carbocycles. The summed E-state index contributed by atoms with van der Waals surface area (Å²) in [6.07, 6.45) is 0.768. The molecule has 0 radical (unpaired) electrons. The molecule has 0 bridgehead atoms. The largest absolute Gasteiger partial charge is 0.493 e. The van der Waals surface area contributed by atoms with Gasteiger partial charge >= 0.3 is 0 Å². The van der Waals surface area contributed by atoms with E-state index in [1.54, 1.807) is 7.11 Å². The average Bonchev–Trinajstić information content (AvgIpc) is 2.37. The molecule has 3 nitrogen and oxygen atoms in total. The molecule has 0 unspecified atom stereocenters. The smallest absolute Gasteiger partial charge is 0.127 e. The Morgan fingerprint density at radius 1 is 1.11 bits per heavy atom. The fraction of sp³-hybridized carbons (Fsp3) is 0.538. The second-order valence-electron chi connectivity index (χ2n) is 3.74. The van der Waals surface area contributed by atoms with Crippen molar-refractivity contribution in [1.82, 2.24) is 0 Å². The third-order valence-corrected chi connectivity index (χ3v) is 2.87. The molecule has 0 heterocycles. The van der Waals surface area contributed by atoms with Crippen LogP contribution in [0.2, 0.25) is 0 Å². The van der Waals surface area contributed by atoms with Gasteiger partial charge in [-0.1, -0.05) is 15.9 Å². The van der Waals surface area contributed by atoms with E-state index in [4.69, 9.17) is 14.2 Å². The molecule has 5 heteroatoms. The van der Waals surface area contributed by atoms with Crippen LogP contribution in [0.1, 0.15) is 12.0 Å². The number of rotatable bonds is 9. The molecule has 0 atom stereocenters. The zero-order valence-electron chi connectivity index (χ0n) is 10.5. The zero-order valence-corrected chi connectivity index (χ0v) is 12.0. The minimum Gasteiger partial charge on any atom is -0.493 e. The Bertz CT molecular complexity index is 347. The van der Waals surface area contributed by atoms with Gasteiger partial charge in [0.25, 0.3) is 0 Å². The summed E-state index contributed by atoms with van der Waals surface area (Å²) in [5.74, 6) is 0.277. The maximum absolute atomic E-state index is 13.2. The molecule has 0 saturated heterocycles. The summed E-state index contributed by atoms with van der Waals surface area (Å²) in [5, 5.41) is 0.612. The molecule has 0 aromatic heterocycles. The van der Waals surface area contributed by atoms with Crippen molar-refractivity contribution in [3.63, 3.8) is 0 Å². The second-order valence-corrected chi connectivity index (χ2v) is 4.30. The highest BCUT2D eigenvalue weighted by Gasteiger charge is 2.01. The molecule has 0 amide bonds. The SMILES string of the molecule is COCCOCCCOc1cc(F)cc(CBr)c1. The van der Waals surface area contributed by atoms with Crippen molar-refractivity contribution < 1.29 is 18.6 Å². The van der Waals surface area contributed by atoms with Gasteiger partial charge in [0.2, 0.25) is 0 Å². The minimum atomic E-state index is -0.279. The second kappa shape index (κ2) is 9.30. The molecule has 0 spiro atoms. The maximum atomic E-state index is 13.2. The first-order valence-electron chi connectivity index (χ1n) is 5.81. The lowest BCUT2D eigenvalue weighted by molar-refractivity contribution is 0.0644. The van der Waals surface area contributed by atoms with E-state index in [0.29, 0.717) is 37.5 Å². The summed E-state index contributed by atoms with van der Waals surface area (Å²) in [4.78, 5) is 0. The number of halogens is 2. The first-order chi connectivity index (χ1) is 8.76. The van der Waals surface area contributed by atoms with E-state index in [9.17, 15) is 4.39 Å². The lowest BCUT2D eigenvalue weighted by atomic mass is 10.2. The van der Waals surface area contributed by atoms with Gasteiger partial charge in [0.05, 0.1) is 19.8 Å². The van der Waals surface area contributed by atoms with Crippen molar-refractivity contribution in [3.8, 4) is 5.75 Å². The number of methoxy groups -OCH3 is 1. The summed E-state index contributed by atoms with van der Waals surface area (Å²) >= 11 is 3.29. The summed E-state index contributed by atoms with van der Waals surface area (Å²) in [5.41, 5.74) is 0.862. The van der Waals surface area contributed by atoms with E-state index in [0.717, 1.165) is 12.0 Å². The zero-order chi connectivity index (χ0) is 13.2. The van der Waals surface area contributed by atoms with Crippen LogP contribution in [0.4, 0.5) is 4.39 Å². The predicted octanol–water partition coefficient (Wildman–Crippen LogP) is 3.15. The van der Waals surface area contributed by atoms with Gasteiger partial charge in [-0.25, -0.2) is 4.39 Å². The number of benzene rings is 1. The van der Waals surface area contributed by atoms with Crippen LogP contribution in [0.3, 0.4) is 0 Å². The van der Waals surface area contributed by atoms with Gasteiger partial charge in [0, 0.05) is 31.5 Å². The summed E-state index contributed by atoms with van der Waals surface area (Å²) in [7, 11) is 1.64. The van der Waals surface area contributed by atoms with Crippen LogP contribution in [0.5, 0.6) is 5.75 Å². The van der Waals surface area contributed by atoms with E-state index in [-0.39, 0.29) is 5.82 Å². The van der Waals surface area contributed by atoms with E-state index >= 15 is 0 Å². The molecule has 0 aliphatic carbocycles. The highest BCUT2D eigenvalue weighted by Crippen LogP contribution is 2.18. The summed E-state index contributed by atoms with van der Waals surface area (Å²) in [6.45, 7) is 2.31. The van der Waals surface area contributed by atoms with Crippen LogP contribution in [0.25, 0.3) is 0 Å². The molecule has 0 aliphatic heterocycles. The van der Waals surface area contributed by atoms with Crippen LogP contribution in [0, 0.1) is 5.82 Å².